The fraction of sp³-hybridized carbons (Fsp3) is 1.00. The van der Waals surface area contributed by atoms with E-state index in [-0.39, 0.29) is 0 Å². The van der Waals surface area contributed by atoms with Crippen molar-refractivity contribution < 1.29 is 0 Å². The van der Waals surface area contributed by atoms with Crippen molar-refractivity contribution in [3.8, 4) is 0 Å². The average Bonchev–Trinajstić information content (AvgIpc) is 1.71. The molecule has 0 radical (unpaired) electrons. The van der Waals surface area contributed by atoms with Crippen molar-refractivity contribution in [2.45, 2.75) is 449 Å². The van der Waals surface area contributed by atoms with Crippen LogP contribution < -0.4 is 0 Å². The maximum absolute atomic E-state index is 2.48. The minimum absolute atomic E-state index is 0.571. The highest BCUT2D eigenvalue weighted by atomic mass is 14.6. The molecule has 21 atom stereocenters. The number of fused-ring (bicyclic) bond motifs is 10. The first-order valence-corrected chi connectivity index (χ1v) is 45.7. The topological polar surface area (TPSA) is 0 Å². The summed E-state index contributed by atoms with van der Waals surface area (Å²) in [4.78, 5) is 0. The van der Waals surface area contributed by atoms with Crippen LogP contribution in [0.3, 0.4) is 0 Å². The van der Waals surface area contributed by atoms with Crippen molar-refractivity contribution in [2.24, 2.45) is 169 Å². The van der Waals surface area contributed by atoms with E-state index in [1.54, 1.807) is 57.8 Å². The summed E-state index contributed by atoms with van der Waals surface area (Å²) in [6.07, 6.45) is 66.0. The van der Waals surface area contributed by atoms with E-state index in [0.717, 1.165) is 147 Å². The summed E-state index contributed by atoms with van der Waals surface area (Å²) in [5.41, 5.74) is 3.22. The van der Waals surface area contributed by atoms with Crippen molar-refractivity contribution in [3.05, 3.63) is 0 Å². The zero-order chi connectivity index (χ0) is 71.5. The Morgan fingerprint density at radius 3 is 1.01 bits per heavy atom. The molecule has 10 bridgehead atoms. The molecule has 0 heterocycles. The van der Waals surface area contributed by atoms with Crippen molar-refractivity contribution in [1.82, 2.24) is 0 Å². The van der Waals surface area contributed by atoms with E-state index in [1.807, 2.05) is 0 Å². The van der Waals surface area contributed by atoms with Gasteiger partial charge in [0.25, 0.3) is 0 Å². The molecule has 0 saturated heterocycles. The molecule has 0 aromatic rings. The Bertz CT molecular complexity index is 2000. The van der Waals surface area contributed by atoms with Crippen LogP contribution in [0.4, 0.5) is 0 Å². The summed E-state index contributed by atoms with van der Waals surface area (Å²) < 4.78 is 0. The van der Waals surface area contributed by atoms with Gasteiger partial charge in [-0.15, -0.1) is 0 Å². The van der Waals surface area contributed by atoms with Crippen LogP contribution in [0.15, 0.2) is 0 Å². The van der Waals surface area contributed by atoms with Gasteiger partial charge in [0.2, 0.25) is 0 Å². The van der Waals surface area contributed by atoms with Gasteiger partial charge in [-0.25, -0.2) is 0 Å². The largest absolute Gasteiger partial charge is 0.0651 e. The molecule has 16 rings (SSSR count). The van der Waals surface area contributed by atoms with Gasteiger partial charge in [-0.05, 0) is 291 Å². The van der Waals surface area contributed by atoms with Crippen LogP contribution in [0.25, 0.3) is 0 Å². The second kappa shape index (κ2) is 40.6. The van der Waals surface area contributed by atoms with Crippen molar-refractivity contribution in [3.63, 3.8) is 0 Å². The zero-order valence-corrected chi connectivity index (χ0v) is 71.5. The molecule has 16 aliphatic rings. The molecule has 0 amide bonds. The van der Waals surface area contributed by atoms with Gasteiger partial charge in [-0.2, -0.15) is 0 Å². The van der Waals surface area contributed by atoms with E-state index in [0.29, 0.717) is 21.7 Å². The van der Waals surface area contributed by atoms with Gasteiger partial charge in [-0.1, -0.05) is 327 Å². The van der Waals surface area contributed by atoms with Gasteiger partial charge < -0.3 is 0 Å². The smallest absolute Gasteiger partial charge is 0.0297 e. The summed E-state index contributed by atoms with van der Waals surface area (Å²) in [7, 11) is 0. The second-order valence-electron chi connectivity index (χ2n) is 43.0. The highest BCUT2D eigenvalue weighted by Gasteiger charge is 2.51. The van der Waals surface area contributed by atoms with Crippen molar-refractivity contribution >= 4 is 0 Å². The third-order valence-corrected chi connectivity index (χ3v) is 35.5. The third-order valence-electron chi connectivity index (χ3n) is 35.5. The predicted octanol–water partition coefficient (Wildman–Crippen LogP) is 32.4. The molecule has 0 N–H and O–H groups in total. The summed E-state index contributed by atoms with van der Waals surface area (Å²) in [5, 5.41) is 0. The van der Waals surface area contributed by atoms with E-state index in [2.05, 4.69) is 166 Å². The molecule has 0 nitrogen and oxygen atoms in total. The van der Waals surface area contributed by atoms with Gasteiger partial charge >= 0.3 is 0 Å². The van der Waals surface area contributed by atoms with Gasteiger partial charge in [0.05, 0.1) is 0 Å². The molecule has 0 aromatic carbocycles. The molecule has 572 valence electrons. The lowest BCUT2D eigenvalue weighted by atomic mass is 9.58. The normalized spacial score (nSPS) is 42.2. The van der Waals surface area contributed by atoms with Crippen LogP contribution in [-0.4, -0.2) is 0 Å². The first kappa shape index (κ1) is 85.9. The predicted molar refractivity (Wildman–Crippen MR) is 435 cm³/mol. The highest BCUT2D eigenvalue weighted by molar-refractivity contribution is 5.00. The van der Waals surface area contributed by atoms with Crippen LogP contribution in [0.1, 0.15) is 449 Å². The highest BCUT2D eigenvalue weighted by Crippen LogP contribution is 2.60. The molecule has 0 spiro atoms. The Morgan fingerprint density at radius 1 is 0.278 bits per heavy atom. The fourth-order valence-electron chi connectivity index (χ4n) is 24.8. The van der Waals surface area contributed by atoms with Crippen LogP contribution in [-0.2, 0) is 0 Å². The zero-order valence-electron chi connectivity index (χ0n) is 71.5. The lowest BCUT2D eigenvalue weighted by Crippen LogP contribution is -2.38. The Labute approximate surface area is 614 Å². The van der Waals surface area contributed by atoms with Gasteiger partial charge in [0, 0.05) is 0 Å². The van der Waals surface area contributed by atoms with Gasteiger partial charge in [0.1, 0.15) is 0 Å². The molecule has 16 saturated carbocycles. The molecule has 20 unspecified atom stereocenters. The van der Waals surface area contributed by atoms with Crippen molar-refractivity contribution in [2.75, 3.05) is 0 Å². The van der Waals surface area contributed by atoms with E-state index in [9.17, 15) is 0 Å². The molecular weight excluding hydrogens is 1170 g/mol. The van der Waals surface area contributed by atoms with E-state index >= 15 is 0 Å². The molecule has 0 aromatic heterocycles. The quantitative estimate of drug-likeness (QED) is 0.264. The first-order chi connectivity index (χ1) is 45.7. The van der Waals surface area contributed by atoms with Crippen molar-refractivity contribution in [1.29, 1.82) is 0 Å². The number of hydrogen-bond donors (Lipinski definition) is 0. The molecule has 0 heteroatoms. The molecule has 16 fully saturated rings. The Kier molecular flexibility index (Phi) is 36.0. The van der Waals surface area contributed by atoms with Crippen LogP contribution >= 0.6 is 0 Å². The lowest BCUT2D eigenvalue weighted by Gasteiger charge is -2.47. The first-order valence-electron chi connectivity index (χ1n) is 45.7. The average molecular weight is 1350 g/mol. The van der Waals surface area contributed by atoms with E-state index in [4.69, 9.17) is 0 Å². The van der Waals surface area contributed by atoms with E-state index < -0.39 is 0 Å². The fourth-order valence-corrected chi connectivity index (χ4v) is 24.8. The van der Waals surface area contributed by atoms with Gasteiger partial charge in [0.15, 0.2) is 0 Å². The molecule has 97 heavy (non-hydrogen) atoms. The third kappa shape index (κ3) is 25.9. The number of hydrogen-bond acceptors (Lipinski definition) is 0. The summed E-state index contributed by atoms with van der Waals surface area (Å²) in [5.74, 6) is 25.3. The summed E-state index contributed by atoms with van der Waals surface area (Å²) >= 11 is 0. The molecular formula is C97H184. The van der Waals surface area contributed by atoms with Gasteiger partial charge in [-0.3, -0.25) is 0 Å². The van der Waals surface area contributed by atoms with E-state index in [1.165, 1.54) is 225 Å². The van der Waals surface area contributed by atoms with Crippen LogP contribution in [0.5, 0.6) is 0 Å². The minimum atomic E-state index is 0.571. The standard InChI is InChI=1S/C11H22.C10H18.3C9H16.2C9H18.C8H14.2C8H16.C7H14/c1-9-10(2,3)7-6-8-11(9,4)5;1-7-8-4-5-9(6-8)10(7,2)3;1-7-5-8-3-4-9(7,2)6-8;1-6-7(2)9-4-3-8(6)5-9;1-2-8-5-7-3-4-9(8)6-7;1-8-6-4-5-7-9(8,2)3;1-7-5-4-6-8(2)9(7)3;1-6-4-7-2-3-8(6)5-7;1-7-5-3-4-6-8(7)2;1-2-8-6-4-3-5-7-8;1-2-7-5-3-4-6-7/h9H,6-8H2,1-5H3;7-9H,4-6H2,1-3H3;7-8H,3-6H2,1-2H3;6-9H,3-5H2,1-2H3;7-9H,2-6H2,1H3;8H,4-7H2,1-3H3;7-9H,4-6H2,1-3H3;6-8H,2-5H2,1H3;7-8H,3-6H2,1-2H3;8H,2-7H2,1H3;7H,2-6H2,1H3/t;;;;;8-;;;;;/m.....1...../s1. The SMILES string of the molecule is CC1C(C)(C)CCCC1(C)C.CC1C2CCC(C2)C1(C)C.CC1C2CCC(C2)C1C.CC1CC2CCC1(C)C2.CC1CC2CCC1C2.CC1CCCC(C)C1C.CC1CCCCC1C.CCC1CC2CCC1C2.CCC1CCCC1.CCC1CCCCC1.C[C@@H]1CCCCC1(C)C. The lowest BCUT2D eigenvalue weighted by molar-refractivity contribution is 0.0286. The van der Waals surface area contributed by atoms with Crippen LogP contribution in [0.2, 0.25) is 0 Å². The monoisotopic (exact) mass is 1350 g/mol. The number of rotatable bonds is 3. The Morgan fingerprint density at radius 2 is 0.742 bits per heavy atom. The molecule has 0 aliphatic heterocycles. The minimum Gasteiger partial charge on any atom is -0.0651 e. The maximum Gasteiger partial charge on any atom is -0.0297 e. The second-order valence-corrected chi connectivity index (χ2v) is 43.0. The molecule has 16 aliphatic carbocycles. The Hall–Kier alpha value is 0. The summed E-state index contributed by atoms with van der Waals surface area (Å²) in [6.45, 7) is 57.7. The Balaban J connectivity index is 0.000000169. The maximum atomic E-state index is 2.48. The summed E-state index contributed by atoms with van der Waals surface area (Å²) in [6, 6.07) is 0. The van der Waals surface area contributed by atoms with Crippen LogP contribution in [0, 0.1) is 169 Å².